The molecule has 0 unspecified atom stereocenters. The molecule has 0 radical (unpaired) electrons. The van der Waals surface area contributed by atoms with Gasteiger partial charge in [-0.15, -0.1) is 10.2 Å². The van der Waals surface area contributed by atoms with Crippen molar-refractivity contribution in [2.45, 2.75) is 19.4 Å². The maximum atomic E-state index is 8.49. The van der Waals surface area contributed by atoms with Gasteiger partial charge in [0, 0.05) is 13.8 Å². The van der Waals surface area contributed by atoms with Gasteiger partial charge in [-0.1, -0.05) is 12.1 Å². The van der Waals surface area contributed by atoms with Gasteiger partial charge in [-0.3, -0.25) is 0 Å². The summed E-state index contributed by atoms with van der Waals surface area (Å²) in [5, 5.41) is 0. The van der Waals surface area contributed by atoms with Gasteiger partial charge in [-0.2, -0.15) is 0 Å². The largest absolute Gasteiger partial charge is 0.497 e. The van der Waals surface area contributed by atoms with Crippen molar-refractivity contribution in [3.63, 3.8) is 0 Å². The molecule has 0 bridgehead atoms. The molecule has 0 saturated heterocycles. The molecule has 0 fully saturated rings. The lowest BCUT2D eigenvalue weighted by molar-refractivity contribution is -2.00. The maximum Gasteiger partial charge on any atom is 0.359 e. The van der Waals surface area contributed by atoms with Crippen LogP contribution in [0.15, 0.2) is 48.5 Å². The third-order valence-electron chi connectivity index (χ3n) is 3.53. The van der Waals surface area contributed by atoms with Crippen LogP contribution in [-0.4, -0.2) is 12.9 Å². The predicted molar refractivity (Wildman–Crippen MR) is 75.9 cm³/mol. The van der Waals surface area contributed by atoms with Crippen LogP contribution in [0.3, 0.4) is 0 Å². The van der Waals surface area contributed by atoms with Crippen LogP contribution in [-0.2, 0) is 5.60 Å². The molecule has 3 rings (SSSR count). The topological polar surface area (TPSA) is 113 Å². The van der Waals surface area contributed by atoms with Crippen LogP contribution in [0.2, 0.25) is 0 Å². The zero-order valence-corrected chi connectivity index (χ0v) is 14.2. The number of halogens is 1. The fourth-order valence-corrected chi connectivity index (χ4v) is 2.53. The molecular weight excluding hydrogens is 336 g/mol. The highest BCUT2D eigenvalue weighted by Crippen LogP contribution is 2.35. The van der Waals surface area contributed by atoms with Gasteiger partial charge in [-0.25, -0.2) is 23.1 Å². The SMILES string of the molecule is COc1ccc(C2=[O+]C(C)(C)c3ccccc32)cc1.[O-][Cl+3]([O-])([O-])[O-]. The summed E-state index contributed by atoms with van der Waals surface area (Å²) >= 11 is 0. The number of carbonyl (C=O) groups excluding carboxylic acids is 1. The summed E-state index contributed by atoms with van der Waals surface area (Å²) in [4.78, 5) is 0. The van der Waals surface area contributed by atoms with E-state index in [0.29, 0.717) is 0 Å². The molecule has 1 aliphatic rings. The molecule has 0 atom stereocenters. The first kappa shape index (κ1) is 18.4. The van der Waals surface area contributed by atoms with Crippen LogP contribution in [0.4, 0.5) is 0 Å². The number of benzene rings is 2. The van der Waals surface area contributed by atoms with Crippen molar-refractivity contribution < 1.29 is 38.0 Å². The Kier molecular flexibility index (Phi) is 5.27. The summed E-state index contributed by atoms with van der Waals surface area (Å²) in [6.07, 6.45) is 0. The fourth-order valence-electron chi connectivity index (χ4n) is 2.53. The minimum Gasteiger partial charge on any atom is -0.497 e. The molecule has 2 aromatic carbocycles. The number of fused-ring (bicyclic) bond motifs is 1. The van der Waals surface area contributed by atoms with E-state index in [0.717, 1.165) is 17.1 Å². The van der Waals surface area contributed by atoms with E-state index < -0.39 is 10.2 Å². The van der Waals surface area contributed by atoms with E-state index in [1.54, 1.807) is 7.11 Å². The number of ketones is 1. The van der Waals surface area contributed by atoms with Crippen LogP contribution < -0.4 is 23.4 Å². The molecule has 1 aliphatic heterocycles. The average molecular weight is 353 g/mol. The highest BCUT2D eigenvalue weighted by atomic mass is 35.7. The Hall–Kier alpha value is -1.96. The molecule has 2 aromatic rings. The Balaban J connectivity index is 0.000000368. The third kappa shape index (κ3) is 4.53. The second-order valence-electron chi connectivity index (χ2n) is 5.59. The first-order valence-electron chi connectivity index (χ1n) is 7.04. The maximum absolute atomic E-state index is 8.49. The van der Waals surface area contributed by atoms with E-state index in [9.17, 15) is 0 Å². The minimum absolute atomic E-state index is 0.272. The van der Waals surface area contributed by atoms with Gasteiger partial charge in [0.15, 0.2) is 0 Å². The lowest BCUT2D eigenvalue weighted by Gasteiger charge is -2.17. The molecular formula is C17H17ClO6. The van der Waals surface area contributed by atoms with Gasteiger partial charge in [0.2, 0.25) is 0 Å². The number of ether oxygens (including phenoxy) is 1. The van der Waals surface area contributed by atoms with Crippen molar-refractivity contribution in [3.8, 4) is 5.75 Å². The lowest BCUT2D eigenvalue weighted by atomic mass is 9.92. The van der Waals surface area contributed by atoms with Crippen LogP contribution in [0.25, 0.3) is 0 Å². The standard InChI is InChI=1S/C17H17O2.ClHO4/c1-17(2)15-7-5-4-6-14(15)16(19-17)12-8-10-13(18-3)11-9-12;2-1(3,4)5/h4-11H,1-3H3;(H,2,3,4,5)/q+1;/p-1. The Morgan fingerprint density at radius 3 is 2.00 bits per heavy atom. The van der Waals surface area contributed by atoms with Crippen molar-refractivity contribution in [2.75, 3.05) is 7.11 Å². The van der Waals surface area contributed by atoms with Crippen molar-refractivity contribution >= 4 is 5.78 Å². The van der Waals surface area contributed by atoms with Crippen molar-refractivity contribution in [1.29, 1.82) is 0 Å². The quantitative estimate of drug-likeness (QED) is 0.640. The van der Waals surface area contributed by atoms with Gasteiger partial charge in [-0.05, 0) is 36.4 Å². The van der Waals surface area contributed by atoms with E-state index >= 15 is 0 Å². The van der Waals surface area contributed by atoms with Gasteiger partial charge >= 0.3 is 11.4 Å². The molecule has 0 aliphatic carbocycles. The van der Waals surface area contributed by atoms with E-state index in [2.05, 4.69) is 32.0 Å². The van der Waals surface area contributed by atoms with Gasteiger partial charge in [0.05, 0.1) is 23.8 Å². The molecule has 0 amide bonds. The van der Waals surface area contributed by atoms with Crippen LogP contribution in [0, 0.1) is 10.2 Å². The van der Waals surface area contributed by atoms with E-state index in [-0.39, 0.29) is 5.60 Å². The van der Waals surface area contributed by atoms with E-state index in [4.69, 9.17) is 27.8 Å². The number of hydrogen-bond donors (Lipinski definition) is 0. The Bertz CT molecular complexity index is 725. The normalized spacial score (nSPS) is 15.0. The van der Waals surface area contributed by atoms with Gasteiger partial charge in [0.25, 0.3) is 0 Å². The molecule has 0 saturated carbocycles. The molecule has 6 nitrogen and oxygen atoms in total. The van der Waals surface area contributed by atoms with E-state index in [1.165, 1.54) is 11.1 Å². The first-order chi connectivity index (χ1) is 11.1. The smallest absolute Gasteiger partial charge is 0.359 e. The molecule has 24 heavy (non-hydrogen) atoms. The second-order valence-corrected chi connectivity index (χ2v) is 6.35. The van der Waals surface area contributed by atoms with Crippen molar-refractivity contribution in [1.82, 2.24) is 0 Å². The summed E-state index contributed by atoms with van der Waals surface area (Å²) in [5.74, 6) is 1.80. The molecule has 0 spiro atoms. The van der Waals surface area contributed by atoms with E-state index in [1.807, 2.05) is 30.3 Å². The zero-order valence-electron chi connectivity index (χ0n) is 13.4. The Morgan fingerprint density at radius 1 is 0.917 bits per heavy atom. The minimum atomic E-state index is -4.94. The monoisotopic (exact) mass is 352 g/mol. The number of hydrogen-bond acceptors (Lipinski definition) is 5. The van der Waals surface area contributed by atoms with Gasteiger partial charge < -0.3 is 4.74 Å². The molecule has 0 N–H and O–H groups in total. The van der Waals surface area contributed by atoms with Crippen LogP contribution in [0.5, 0.6) is 5.75 Å². The predicted octanol–water partition coefficient (Wildman–Crippen LogP) is -1.05. The first-order valence-corrected chi connectivity index (χ1v) is 8.27. The lowest BCUT2D eigenvalue weighted by Crippen LogP contribution is -2.68. The van der Waals surface area contributed by atoms with Crippen LogP contribution >= 0.6 is 0 Å². The Labute approximate surface area is 142 Å². The summed E-state index contributed by atoms with van der Waals surface area (Å²) in [6.45, 7) is 4.20. The summed E-state index contributed by atoms with van der Waals surface area (Å²) < 4.78 is 45.3. The molecule has 128 valence electrons. The number of methoxy groups -OCH3 is 1. The molecule has 7 heteroatoms. The summed E-state index contributed by atoms with van der Waals surface area (Å²) in [6, 6.07) is 16.3. The summed E-state index contributed by atoms with van der Waals surface area (Å²) in [5.41, 5.74) is 3.23. The zero-order chi connectivity index (χ0) is 18.0. The molecule has 1 heterocycles. The Morgan fingerprint density at radius 2 is 1.46 bits per heavy atom. The summed E-state index contributed by atoms with van der Waals surface area (Å²) in [7, 11) is -3.27. The van der Waals surface area contributed by atoms with Crippen molar-refractivity contribution in [3.05, 3.63) is 65.2 Å². The van der Waals surface area contributed by atoms with Crippen LogP contribution in [0.1, 0.15) is 35.0 Å². The van der Waals surface area contributed by atoms with Crippen molar-refractivity contribution in [2.24, 2.45) is 0 Å². The van der Waals surface area contributed by atoms with Gasteiger partial charge in [0.1, 0.15) is 5.75 Å². The molecule has 0 aromatic heterocycles. The highest BCUT2D eigenvalue weighted by Gasteiger charge is 2.44. The fraction of sp³-hybridized carbons (Fsp3) is 0.235. The average Bonchev–Trinajstić information content (AvgIpc) is 2.78. The third-order valence-corrected chi connectivity index (χ3v) is 3.53. The number of rotatable bonds is 2. The highest BCUT2D eigenvalue weighted by molar-refractivity contribution is 6.11. The second kappa shape index (κ2) is 6.88.